The highest BCUT2D eigenvalue weighted by molar-refractivity contribution is 5.68. The third-order valence-electron chi connectivity index (χ3n) is 3.00. The van der Waals surface area contributed by atoms with Gasteiger partial charge in [-0.15, -0.1) is 0 Å². The van der Waals surface area contributed by atoms with Crippen LogP contribution in [0, 0.1) is 0 Å². The summed E-state index contributed by atoms with van der Waals surface area (Å²) in [7, 11) is 0. The van der Waals surface area contributed by atoms with Gasteiger partial charge in [-0.05, 0) is 32.9 Å². The number of ether oxygens (including phenoxy) is 1. The van der Waals surface area contributed by atoms with E-state index in [0.717, 1.165) is 0 Å². The first-order valence-electron chi connectivity index (χ1n) is 6.39. The summed E-state index contributed by atoms with van der Waals surface area (Å²) >= 11 is 0. The van der Waals surface area contributed by atoms with Crippen molar-refractivity contribution in [2.75, 3.05) is 13.1 Å². The molecule has 0 N–H and O–H groups in total. The second-order valence-electron chi connectivity index (χ2n) is 5.83. The van der Waals surface area contributed by atoms with E-state index in [-0.39, 0.29) is 13.0 Å². The van der Waals surface area contributed by atoms with Crippen LogP contribution >= 0.6 is 0 Å². The minimum atomic E-state index is -1.57. The summed E-state index contributed by atoms with van der Waals surface area (Å²) in [5.74, 6) is 0. The molecule has 1 aromatic heterocycles. The highest BCUT2D eigenvalue weighted by Crippen LogP contribution is 2.35. The van der Waals surface area contributed by atoms with Crippen molar-refractivity contribution < 1.29 is 13.9 Å². The van der Waals surface area contributed by atoms with E-state index in [0.29, 0.717) is 12.2 Å². The second-order valence-corrected chi connectivity index (χ2v) is 5.83. The number of hydrogen-bond donors (Lipinski definition) is 0. The molecule has 2 heterocycles. The number of nitrogens with zero attached hydrogens (tertiary/aromatic N) is 2. The van der Waals surface area contributed by atoms with E-state index >= 15 is 0 Å². The van der Waals surface area contributed by atoms with Crippen LogP contribution in [-0.4, -0.2) is 34.7 Å². The van der Waals surface area contributed by atoms with E-state index in [2.05, 4.69) is 4.98 Å². The van der Waals surface area contributed by atoms with Crippen molar-refractivity contribution in [2.24, 2.45) is 0 Å². The summed E-state index contributed by atoms with van der Waals surface area (Å²) in [4.78, 5) is 17.3. The molecule has 104 valence electrons. The van der Waals surface area contributed by atoms with E-state index < -0.39 is 17.4 Å². The van der Waals surface area contributed by atoms with Gasteiger partial charge in [-0.25, -0.2) is 9.18 Å². The lowest BCUT2D eigenvalue weighted by molar-refractivity contribution is 0.0255. The van der Waals surface area contributed by atoms with Gasteiger partial charge in [-0.3, -0.25) is 4.98 Å². The van der Waals surface area contributed by atoms with Gasteiger partial charge in [0.05, 0.1) is 12.2 Å². The Balaban J connectivity index is 2.06. The zero-order valence-corrected chi connectivity index (χ0v) is 11.5. The Morgan fingerprint density at radius 1 is 1.47 bits per heavy atom. The molecule has 1 aliphatic rings. The monoisotopic (exact) mass is 266 g/mol. The molecule has 4 nitrogen and oxygen atoms in total. The number of alkyl halides is 1. The molecule has 0 unspecified atom stereocenters. The maximum Gasteiger partial charge on any atom is 0.410 e. The van der Waals surface area contributed by atoms with Crippen molar-refractivity contribution in [3.8, 4) is 0 Å². The molecular formula is C14H19FN2O2. The molecule has 0 bridgehead atoms. The Bertz CT molecular complexity index is 458. The van der Waals surface area contributed by atoms with Gasteiger partial charge < -0.3 is 9.64 Å². The van der Waals surface area contributed by atoms with Crippen molar-refractivity contribution in [1.29, 1.82) is 0 Å². The van der Waals surface area contributed by atoms with Crippen molar-refractivity contribution in [2.45, 2.75) is 38.5 Å². The molecule has 0 spiro atoms. The summed E-state index contributed by atoms with van der Waals surface area (Å²) < 4.78 is 20.0. The van der Waals surface area contributed by atoms with Crippen molar-refractivity contribution in [1.82, 2.24) is 9.88 Å². The number of halogens is 1. The zero-order chi connectivity index (χ0) is 14.1. The summed E-state index contributed by atoms with van der Waals surface area (Å²) in [5, 5.41) is 0. The predicted octanol–water partition coefficient (Wildman–Crippen LogP) is 2.89. The second kappa shape index (κ2) is 4.79. The molecule has 1 aromatic rings. The average molecular weight is 266 g/mol. The number of pyridine rings is 1. The number of aromatic nitrogens is 1. The Labute approximate surface area is 112 Å². The quantitative estimate of drug-likeness (QED) is 0.785. The van der Waals surface area contributed by atoms with Gasteiger partial charge in [-0.1, -0.05) is 6.07 Å². The predicted molar refractivity (Wildman–Crippen MR) is 69.4 cm³/mol. The lowest BCUT2D eigenvalue weighted by Crippen LogP contribution is -2.37. The molecule has 2 rings (SSSR count). The molecule has 1 saturated heterocycles. The number of hydrogen-bond acceptors (Lipinski definition) is 3. The fourth-order valence-electron chi connectivity index (χ4n) is 2.09. The number of carbonyl (C=O) groups is 1. The lowest BCUT2D eigenvalue weighted by atomic mass is 10.0. The van der Waals surface area contributed by atoms with Crippen molar-refractivity contribution >= 4 is 6.09 Å². The van der Waals surface area contributed by atoms with E-state index in [4.69, 9.17) is 4.74 Å². The van der Waals surface area contributed by atoms with E-state index in [1.807, 2.05) is 0 Å². The minimum absolute atomic E-state index is 0.00106. The Hall–Kier alpha value is -1.65. The molecule has 5 heteroatoms. The fourth-order valence-corrected chi connectivity index (χ4v) is 2.09. The number of likely N-dealkylation sites (tertiary alicyclic amines) is 1. The van der Waals surface area contributed by atoms with Crippen LogP contribution in [0.5, 0.6) is 0 Å². The van der Waals surface area contributed by atoms with Crippen LogP contribution in [-0.2, 0) is 10.4 Å². The first-order chi connectivity index (χ1) is 8.80. The Kier molecular flexibility index (Phi) is 3.47. The topological polar surface area (TPSA) is 42.4 Å². The van der Waals surface area contributed by atoms with Gasteiger partial charge in [0.2, 0.25) is 0 Å². The van der Waals surface area contributed by atoms with Gasteiger partial charge in [0.25, 0.3) is 0 Å². The third-order valence-corrected chi connectivity index (χ3v) is 3.00. The molecular weight excluding hydrogens is 247 g/mol. The smallest absolute Gasteiger partial charge is 0.410 e. The molecule has 0 aliphatic carbocycles. The summed E-state index contributed by atoms with van der Waals surface area (Å²) in [6.07, 6.45) is 1.35. The summed E-state index contributed by atoms with van der Waals surface area (Å²) in [5.41, 5.74) is -1.76. The first-order valence-corrected chi connectivity index (χ1v) is 6.39. The van der Waals surface area contributed by atoms with Crippen LogP contribution in [0.1, 0.15) is 32.9 Å². The Morgan fingerprint density at radius 3 is 2.79 bits per heavy atom. The number of amides is 1. The van der Waals surface area contributed by atoms with Crippen LogP contribution in [0.25, 0.3) is 0 Å². The van der Waals surface area contributed by atoms with Gasteiger partial charge in [0.15, 0.2) is 5.67 Å². The number of carbonyl (C=O) groups excluding carboxylic acids is 1. The molecule has 0 saturated carbocycles. The molecule has 0 radical (unpaired) electrons. The molecule has 0 aromatic carbocycles. The van der Waals surface area contributed by atoms with Crippen LogP contribution < -0.4 is 0 Å². The van der Waals surface area contributed by atoms with Crippen molar-refractivity contribution in [3.63, 3.8) is 0 Å². The zero-order valence-electron chi connectivity index (χ0n) is 11.5. The minimum Gasteiger partial charge on any atom is -0.444 e. The SMILES string of the molecule is CC(C)(C)OC(=O)N1CC[C@](F)(c2ccccn2)C1. The van der Waals surface area contributed by atoms with E-state index in [1.165, 1.54) is 4.90 Å². The third kappa shape index (κ3) is 3.22. The summed E-state index contributed by atoms with van der Waals surface area (Å²) in [6, 6.07) is 5.14. The van der Waals surface area contributed by atoms with Crippen LogP contribution in [0.4, 0.5) is 9.18 Å². The average Bonchev–Trinajstić information content (AvgIpc) is 2.73. The standard InChI is InChI=1S/C14H19FN2O2/c1-13(2,3)19-12(18)17-9-7-14(15,10-17)11-6-4-5-8-16-11/h4-6,8H,7,9-10H2,1-3H3/t14-/m1/s1. The normalized spacial score (nSPS) is 23.5. The van der Waals surface area contributed by atoms with E-state index in [9.17, 15) is 9.18 Å². The Morgan fingerprint density at radius 2 is 2.21 bits per heavy atom. The van der Waals surface area contributed by atoms with Gasteiger partial charge >= 0.3 is 6.09 Å². The maximum absolute atomic E-state index is 14.8. The van der Waals surface area contributed by atoms with Crippen molar-refractivity contribution in [3.05, 3.63) is 30.1 Å². The van der Waals surface area contributed by atoms with Crippen LogP contribution in [0.3, 0.4) is 0 Å². The fraction of sp³-hybridized carbons (Fsp3) is 0.571. The highest BCUT2D eigenvalue weighted by Gasteiger charge is 2.43. The highest BCUT2D eigenvalue weighted by atomic mass is 19.1. The summed E-state index contributed by atoms with van der Waals surface area (Å²) in [6.45, 7) is 5.73. The first kappa shape index (κ1) is 13.8. The van der Waals surface area contributed by atoms with Crippen LogP contribution in [0.2, 0.25) is 0 Å². The molecule has 1 atom stereocenters. The molecule has 19 heavy (non-hydrogen) atoms. The largest absolute Gasteiger partial charge is 0.444 e. The maximum atomic E-state index is 14.8. The van der Waals surface area contributed by atoms with Gasteiger partial charge in [0.1, 0.15) is 5.60 Å². The van der Waals surface area contributed by atoms with E-state index in [1.54, 1.807) is 45.2 Å². The molecule has 1 aliphatic heterocycles. The molecule has 1 amide bonds. The molecule has 1 fully saturated rings. The lowest BCUT2D eigenvalue weighted by Gasteiger charge is -2.25. The van der Waals surface area contributed by atoms with Crippen LogP contribution in [0.15, 0.2) is 24.4 Å². The van der Waals surface area contributed by atoms with Gasteiger partial charge in [-0.2, -0.15) is 0 Å². The number of rotatable bonds is 1. The van der Waals surface area contributed by atoms with Gasteiger partial charge in [0, 0.05) is 19.2 Å².